The fourth-order valence-electron chi connectivity index (χ4n) is 1.65. The topological polar surface area (TPSA) is 70.6 Å². The van der Waals surface area contributed by atoms with Crippen LogP contribution in [-0.2, 0) is 0 Å². The maximum Gasteiger partial charge on any atom is 0.143 e. The van der Waals surface area contributed by atoms with Crippen LogP contribution in [0.5, 0.6) is 0 Å². The molecule has 1 aromatic rings. The van der Waals surface area contributed by atoms with Crippen molar-refractivity contribution in [2.75, 3.05) is 6.54 Å². The molecule has 2 unspecified atom stereocenters. The van der Waals surface area contributed by atoms with Crippen molar-refractivity contribution in [2.45, 2.75) is 32.7 Å². The average molecular weight is 255 g/mol. The molecule has 96 valence electrons. The summed E-state index contributed by atoms with van der Waals surface area (Å²) in [4.78, 5) is 1.35. The first kappa shape index (κ1) is 14.0. The second-order valence-electron chi connectivity index (χ2n) is 4.19. The van der Waals surface area contributed by atoms with Gasteiger partial charge in [0.1, 0.15) is 5.84 Å². The predicted octanol–water partition coefficient (Wildman–Crippen LogP) is 2.56. The molecule has 1 rings (SSSR count). The van der Waals surface area contributed by atoms with Gasteiger partial charge >= 0.3 is 0 Å². The van der Waals surface area contributed by atoms with Crippen LogP contribution in [0.4, 0.5) is 0 Å². The van der Waals surface area contributed by atoms with Crippen LogP contribution in [0.15, 0.2) is 22.7 Å². The molecule has 0 fully saturated rings. The van der Waals surface area contributed by atoms with E-state index < -0.39 is 0 Å². The summed E-state index contributed by atoms with van der Waals surface area (Å²) in [5.41, 5.74) is 5.56. The summed E-state index contributed by atoms with van der Waals surface area (Å²) in [6, 6.07) is 4.58. The zero-order chi connectivity index (χ0) is 12.7. The number of thiophene rings is 1. The third-order valence-corrected chi connectivity index (χ3v) is 3.74. The Bertz CT molecular complexity index is 338. The van der Waals surface area contributed by atoms with Crippen LogP contribution >= 0.6 is 11.3 Å². The van der Waals surface area contributed by atoms with Crippen LogP contribution in [-0.4, -0.2) is 17.6 Å². The van der Waals surface area contributed by atoms with Gasteiger partial charge in [-0.3, -0.25) is 0 Å². The van der Waals surface area contributed by atoms with Gasteiger partial charge in [-0.2, -0.15) is 0 Å². The van der Waals surface area contributed by atoms with Crippen molar-refractivity contribution in [3.8, 4) is 0 Å². The van der Waals surface area contributed by atoms with E-state index in [1.807, 2.05) is 6.92 Å². The number of nitrogens with two attached hydrogens (primary N) is 1. The van der Waals surface area contributed by atoms with E-state index >= 15 is 0 Å². The van der Waals surface area contributed by atoms with E-state index in [4.69, 9.17) is 10.9 Å². The van der Waals surface area contributed by atoms with E-state index in [2.05, 4.69) is 34.9 Å². The summed E-state index contributed by atoms with van der Waals surface area (Å²) in [6.07, 6.45) is 2.23. The molecule has 1 aromatic heterocycles. The number of hydrogen-bond donors (Lipinski definition) is 3. The molecule has 4 N–H and O–H groups in total. The minimum absolute atomic E-state index is 0.0410. The van der Waals surface area contributed by atoms with Crippen LogP contribution < -0.4 is 11.1 Å². The summed E-state index contributed by atoms with van der Waals surface area (Å²) in [6.45, 7) is 4.84. The lowest BCUT2D eigenvalue weighted by atomic mass is 10.1. The zero-order valence-electron chi connectivity index (χ0n) is 10.4. The molecule has 0 aliphatic rings. The highest BCUT2D eigenvalue weighted by molar-refractivity contribution is 7.10. The van der Waals surface area contributed by atoms with Crippen molar-refractivity contribution in [2.24, 2.45) is 16.8 Å². The van der Waals surface area contributed by atoms with Gasteiger partial charge in [0.05, 0.1) is 0 Å². The third-order valence-electron chi connectivity index (χ3n) is 2.75. The van der Waals surface area contributed by atoms with E-state index in [-0.39, 0.29) is 11.8 Å². The highest BCUT2D eigenvalue weighted by Crippen LogP contribution is 2.23. The first-order valence-electron chi connectivity index (χ1n) is 5.93. The standard InChI is InChI=1S/C12H21N3OS/c1-3-5-10(11-6-4-7-17-11)14-8-9(2)12(13)15-16/h4,6-7,9-10,14,16H,3,5,8H2,1-2H3,(H2,13,15). The number of oxime groups is 1. The van der Waals surface area contributed by atoms with Gasteiger partial charge in [0, 0.05) is 23.4 Å². The molecular weight excluding hydrogens is 234 g/mol. The van der Waals surface area contributed by atoms with Crippen molar-refractivity contribution < 1.29 is 5.21 Å². The minimum Gasteiger partial charge on any atom is -0.409 e. The van der Waals surface area contributed by atoms with Crippen molar-refractivity contribution in [1.29, 1.82) is 0 Å². The lowest BCUT2D eigenvalue weighted by molar-refractivity contribution is 0.313. The highest BCUT2D eigenvalue weighted by atomic mass is 32.1. The van der Waals surface area contributed by atoms with Crippen LogP contribution in [0, 0.1) is 5.92 Å². The molecule has 0 aliphatic carbocycles. The Hall–Kier alpha value is -1.07. The Morgan fingerprint density at radius 1 is 1.65 bits per heavy atom. The molecule has 0 radical (unpaired) electrons. The Balaban J connectivity index is 2.51. The molecule has 4 nitrogen and oxygen atoms in total. The van der Waals surface area contributed by atoms with Crippen LogP contribution in [0.25, 0.3) is 0 Å². The molecule has 1 heterocycles. The van der Waals surface area contributed by atoms with E-state index in [1.165, 1.54) is 4.88 Å². The van der Waals surface area contributed by atoms with Crippen LogP contribution in [0.3, 0.4) is 0 Å². The zero-order valence-corrected chi connectivity index (χ0v) is 11.2. The maximum absolute atomic E-state index is 8.60. The number of nitrogens with zero attached hydrogens (tertiary/aromatic N) is 1. The quantitative estimate of drug-likeness (QED) is 0.303. The first-order valence-corrected chi connectivity index (χ1v) is 6.81. The smallest absolute Gasteiger partial charge is 0.143 e. The summed E-state index contributed by atoms with van der Waals surface area (Å²) in [7, 11) is 0. The van der Waals surface area contributed by atoms with Gasteiger partial charge in [0.15, 0.2) is 0 Å². The highest BCUT2D eigenvalue weighted by Gasteiger charge is 2.14. The fourth-order valence-corrected chi connectivity index (χ4v) is 2.48. The molecule has 0 bridgehead atoms. The van der Waals surface area contributed by atoms with Crippen molar-refractivity contribution in [1.82, 2.24) is 5.32 Å². The second kappa shape index (κ2) is 7.29. The third kappa shape index (κ3) is 4.36. The van der Waals surface area contributed by atoms with Crippen molar-refractivity contribution in [3.63, 3.8) is 0 Å². The maximum atomic E-state index is 8.60. The van der Waals surface area contributed by atoms with Gasteiger partial charge in [-0.1, -0.05) is 31.5 Å². The largest absolute Gasteiger partial charge is 0.409 e. The Kier molecular flexibility index (Phi) is 6.00. The average Bonchev–Trinajstić information content (AvgIpc) is 2.86. The number of rotatable bonds is 7. The van der Waals surface area contributed by atoms with Gasteiger partial charge < -0.3 is 16.3 Å². The molecule has 5 heteroatoms. The van der Waals surface area contributed by atoms with Gasteiger partial charge in [-0.15, -0.1) is 11.3 Å². The molecule has 0 aromatic carbocycles. The monoisotopic (exact) mass is 255 g/mol. The molecular formula is C12H21N3OS. The number of hydrogen-bond acceptors (Lipinski definition) is 4. The Morgan fingerprint density at radius 3 is 2.94 bits per heavy atom. The molecule has 17 heavy (non-hydrogen) atoms. The van der Waals surface area contributed by atoms with Gasteiger partial charge in [-0.05, 0) is 17.9 Å². The SMILES string of the molecule is CCCC(NCC(C)/C(N)=N/O)c1cccs1. The molecule has 0 aliphatic heterocycles. The van der Waals surface area contributed by atoms with Crippen LogP contribution in [0.2, 0.25) is 0 Å². The molecule has 2 atom stereocenters. The lowest BCUT2D eigenvalue weighted by Gasteiger charge is -2.19. The molecule has 0 spiro atoms. The number of amidine groups is 1. The van der Waals surface area contributed by atoms with E-state index in [0.29, 0.717) is 6.04 Å². The predicted molar refractivity (Wildman–Crippen MR) is 72.5 cm³/mol. The van der Waals surface area contributed by atoms with E-state index in [1.54, 1.807) is 11.3 Å². The van der Waals surface area contributed by atoms with Gasteiger partial charge in [0.25, 0.3) is 0 Å². The number of nitrogens with one attached hydrogen (secondary N) is 1. The minimum atomic E-state index is 0.0410. The normalized spacial score (nSPS) is 15.8. The molecule has 0 amide bonds. The Morgan fingerprint density at radius 2 is 2.41 bits per heavy atom. The lowest BCUT2D eigenvalue weighted by Crippen LogP contribution is -2.33. The summed E-state index contributed by atoms with van der Waals surface area (Å²) >= 11 is 1.76. The fraction of sp³-hybridized carbons (Fsp3) is 0.583. The van der Waals surface area contributed by atoms with E-state index in [9.17, 15) is 0 Å². The Labute approximate surface area is 107 Å². The first-order chi connectivity index (χ1) is 8.19. The van der Waals surface area contributed by atoms with Crippen molar-refractivity contribution in [3.05, 3.63) is 22.4 Å². The van der Waals surface area contributed by atoms with Crippen molar-refractivity contribution >= 4 is 17.2 Å². The molecule has 0 saturated carbocycles. The van der Waals surface area contributed by atoms with Crippen LogP contribution in [0.1, 0.15) is 37.6 Å². The molecule has 0 saturated heterocycles. The summed E-state index contributed by atoms with van der Waals surface area (Å²) < 4.78 is 0. The second-order valence-corrected chi connectivity index (χ2v) is 5.17. The summed E-state index contributed by atoms with van der Waals surface area (Å²) in [5, 5.41) is 17.2. The summed E-state index contributed by atoms with van der Waals surface area (Å²) in [5.74, 6) is 0.318. The van der Waals surface area contributed by atoms with Gasteiger partial charge in [0.2, 0.25) is 0 Å². The van der Waals surface area contributed by atoms with E-state index in [0.717, 1.165) is 19.4 Å². The van der Waals surface area contributed by atoms with Gasteiger partial charge in [-0.25, -0.2) is 0 Å².